The molecule has 0 aliphatic heterocycles. The first-order valence-corrected chi connectivity index (χ1v) is 10.2. The number of carbonyl (C=O) groups excluding carboxylic acids is 1. The van der Waals surface area contributed by atoms with Crippen LogP contribution in [0.3, 0.4) is 0 Å². The second kappa shape index (κ2) is 8.83. The van der Waals surface area contributed by atoms with E-state index in [0.29, 0.717) is 28.6 Å². The van der Waals surface area contributed by atoms with Gasteiger partial charge in [0, 0.05) is 29.2 Å². The van der Waals surface area contributed by atoms with Gasteiger partial charge in [-0.15, -0.1) is 0 Å². The van der Waals surface area contributed by atoms with Gasteiger partial charge < -0.3 is 23.7 Å². The predicted octanol–water partition coefficient (Wildman–Crippen LogP) is 4.84. The van der Waals surface area contributed by atoms with Crippen LogP contribution in [0.1, 0.15) is 38.9 Å². The fraction of sp³-hybridized carbons (Fsp3) is 0.269. The lowest BCUT2D eigenvalue weighted by Crippen LogP contribution is -2.13. The van der Waals surface area contributed by atoms with Gasteiger partial charge in [0.2, 0.25) is 0 Å². The molecule has 0 fully saturated rings. The zero-order chi connectivity index (χ0) is 22.8. The van der Waals surface area contributed by atoms with Crippen LogP contribution in [0.15, 0.2) is 54.6 Å². The first-order valence-electron chi connectivity index (χ1n) is 10.2. The third-order valence-corrected chi connectivity index (χ3v) is 5.97. The third kappa shape index (κ3) is 3.62. The average Bonchev–Trinajstić information content (AvgIpc) is 3.15. The molecule has 0 N–H and O–H groups in total. The van der Waals surface area contributed by atoms with Gasteiger partial charge in [-0.2, -0.15) is 0 Å². The number of Topliss-reactive ketones (excluding diaryl/α,β-unsaturated/α-hetero) is 1. The van der Waals surface area contributed by atoms with E-state index in [1.54, 1.807) is 47.7 Å². The maximum Gasteiger partial charge on any atom is 0.171 e. The second-order valence-corrected chi connectivity index (χ2v) is 7.53. The molecule has 0 spiro atoms. The highest BCUT2D eigenvalue weighted by Crippen LogP contribution is 2.53. The highest BCUT2D eigenvalue weighted by Gasteiger charge is 2.44. The monoisotopic (exact) mass is 434 g/mol. The van der Waals surface area contributed by atoms with Crippen LogP contribution in [0.5, 0.6) is 28.7 Å². The summed E-state index contributed by atoms with van der Waals surface area (Å²) in [6.45, 7) is 0. The van der Waals surface area contributed by atoms with Crippen LogP contribution in [0.4, 0.5) is 0 Å². The number of carbonyl (C=O) groups is 1. The van der Waals surface area contributed by atoms with Gasteiger partial charge in [-0.05, 0) is 41.5 Å². The molecule has 4 rings (SSSR count). The summed E-state index contributed by atoms with van der Waals surface area (Å²) in [6.07, 6.45) is 0. The Morgan fingerprint density at radius 2 is 1.12 bits per heavy atom. The molecule has 0 radical (unpaired) electrons. The lowest BCUT2D eigenvalue weighted by molar-refractivity contribution is 0.0968. The molecule has 6 heteroatoms. The van der Waals surface area contributed by atoms with Crippen LogP contribution in [0.25, 0.3) is 0 Å². The lowest BCUT2D eigenvalue weighted by atomic mass is 9.81. The molecule has 0 aromatic heterocycles. The summed E-state index contributed by atoms with van der Waals surface area (Å²) in [4.78, 5) is 13.8. The summed E-state index contributed by atoms with van der Waals surface area (Å²) >= 11 is 0. The van der Waals surface area contributed by atoms with Crippen LogP contribution in [0, 0.1) is 0 Å². The molecular formula is C26H26O6. The SMILES string of the molecule is COc1ccc([C@H]2c3c(OC)cc(OC)cc3C(=O)C2c2cc(OC)cc(OC)c2)cc1. The smallest absolute Gasteiger partial charge is 0.171 e. The summed E-state index contributed by atoms with van der Waals surface area (Å²) in [6, 6.07) is 16.9. The van der Waals surface area contributed by atoms with Crippen molar-refractivity contribution in [1.82, 2.24) is 0 Å². The molecular weight excluding hydrogens is 408 g/mol. The van der Waals surface area contributed by atoms with Crippen molar-refractivity contribution < 1.29 is 28.5 Å². The minimum absolute atomic E-state index is 0.00618. The number of fused-ring (bicyclic) bond motifs is 1. The lowest BCUT2D eigenvalue weighted by Gasteiger charge is -2.23. The molecule has 1 aliphatic rings. The standard InChI is InChI=1S/C26H26O6/c1-28-17-8-6-15(7-9-17)23-24(16-10-18(29-2)12-19(11-16)30-3)26(27)21-13-20(31-4)14-22(32-5)25(21)23/h6-14,23-24H,1-5H3/t23-,24?/m1/s1. The molecule has 0 amide bonds. The summed E-state index contributed by atoms with van der Waals surface area (Å²) in [5.74, 6) is 2.44. The molecule has 2 atom stereocenters. The number of ether oxygens (including phenoxy) is 5. The number of hydrogen-bond donors (Lipinski definition) is 0. The zero-order valence-electron chi connectivity index (χ0n) is 18.8. The topological polar surface area (TPSA) is 63.2 Å². The molecule has 3 aromatic rings. The molecule has 166 valence electrons. The van der Waals surface area contributed by atoms with E-state index in [2.05, 4.69) is 0 Å². The van der Waals surface area contributed by atoms with Gasteiger partial charge in [-0.1, -0.05) is 12.1 Å². The molecule has 0 saturated carbocycles. The summed E-state index contributed by atoms with van der Waals surface area (Å²) in [7, 11) is 8.00. The Balaban J connectivity index is 1.96. The second-order valence-electron chi connectivity index (χ2n) is 7.53. The summed E-state index contributed by atoms with van der Waals surface area (Å²) < 4.78 is 27.4. The predicted molar refractivity (Wildman–Crippen MR) is 121 cm³/mol. The number of benzene rings is 3. The van der Waals surface area contributed by atoms with Crippen molar-refractivity contribution >= 4 is 5.78 Å². The van der Waals surface area contributed by atoms with Crippen molar-refractivity contribution in [2.45, 2.75) is 11.8 Å². The maximum absolute atomic E-state index is 13.8. The summed E-state index contributed by atoms with van der Waals surface area (Å²) in [5, 5.41) is 0. The Morgan fingerprint density at radius 1 is 0.562 bits per heavy atom. The average molecular weight is 434 g/mol. The van der Waals surface area contributed by atoms with Crippen LogP contribution in [-0.2, 0) is 0 Å². The summed E-state index contributed by atoms with van der Waals surface area (Å²) in [5.41, 5.74) is 3.22. The number of methoxy groups -OCH3 is 5. The molecule has 6 nitrogen and oxygen atoms in total. The van der Waals surface area contributed by atoms with Crippen molar-refractivity contribution in [3.8, 4) is 28.7 Å². The van der Waals surface area contributed by atoms with Gasteiger partial charge in [0.05, 0.1) is 41.5 Å². The molecule has 0 heterocycles. The van der Waals surface area contributed by atoms with Crippen LogP contribution >= 0.6 is 0 Å². The van der Waals surface area contributed by atoms with Gasteiger partial charge in [-0.3, -0.25) is 4.79 Å². The fourth-order valence-corrected chi connectivity index (χ4v) is 4.42. The number of ketones is 1. The van der Waals surface area contributed by atoms with E-state index >= 15 is 0 Å². The minimum Gasteiger partial charge on any atom is -0.497 e. The van der Waals surface area contributed by atoms with Gasteiger partial charge >= 0.3 is 0 Å². The van der Waals surface area contributed by atoms with Crippen molar-refractivity contribution in [2.24, 2.45) is 0 Å². The quantitative estimate of drug-likeness (QED) is 0.530. The first kappa shape index (κ1) is 21.6. The van der Waals surface area contributed by atoms with E-state index in [0.717, 1.165) is 22.4 Å². The van der Waals surface area contributed by atoms with Crippen molar-refractivity contribution in [2.75, 3.05) is 35.5 Å². The fourth-order valence-electron chi connectivity index (χ4n) is 4.42. The van der Waals surface area contributed by atoms with Crippen molar-refractivity contribution in [3.05, 3.63) is 76.9 Å². The molecule has 1 aliphatic carbocycles. The molecule has 0 saturated heterocycles. The third-order valence-electron chi connectivity index (χ3n) is 5.97. The van der Waals surface area contributed by atoms with E-state index in [1.807, 2.05) is 42.5 Å². The van der Waals surface area contributed by atoms with Crippen molar-refractivity contribution in [3.63, 3.8) is 0 Å². The molecule has 3 aromatic carbocycles. The van der Waals surface area contributed by atoms with E-state index in [1.165, 1.54) is 0 Å². The van der Waals surface area contributed by atoms with Crippen LogP contribution in [-0.4, -0.2) is 41.3 Å². The van der Waals surface area contributed by atoms with Gasteiger partial charge in [0.25, 0.3) is 0 Å². The molecule has 1 unspecified atom stereocenters. The Morgan fingerprint density at radius 3 is 1.66 bits per heavy atom. The Kier molecular flexibility index (Phi) is 5.95. The van der Waals surface area contributed by atoms with Crippen molar-refractivity contribution in [1.29, 1.82) is 0 Å². The first-order chi connectivity index (χ1) is 15.5. The van der Waals surface area contributed by atoms with E-state index in [-0.39, 0.29) is 11.7 Å². The Hall–Kier alpha value is -3.67. The normalized spacial score (nSPS) is 17.0. The number of rotatable bonds is 7. The number of hydrogen-bond acceptors (Lipinski definition) is 6. The Bertz CT molecular complexity index is 1110. The van der Waals surface area contributed by atoms with Gasteiger partial charge in [0.1, 0.15) is 28.7 Å². The zero-order valence-corrected chi connectivity index (χ0v) is 18.8. The van der Waals surface area contributed by atoms with Gasteiger partial charge in [0.15, 0.2) is 5.78 Å². The van der Waals surface area contributed by atoms with Gasteiger partial charge in [-0.25, -0.2) is 0 Å². The highest BCUT2D eigenvalue weighted by molar-refractivity contribution is 6.08. The van der Waals surface area contributed by atoms with Crippen LogP contribution in [0.2, 0.25) is 0 Å². The molecule has 32 heavy (non-hydrogen) atoms. The minimum atomic E-state index is -0.483. The van der Waals surface area contributed by atoms with Crippen LogP contribution < -0.4 is 23.7 Å². The Labute approximate surface area is 187 Å². The maximum atomic E-state index is 13.8. The van der Waals surface area contributed by atoms with E-state index < -0.39 is 5.92 Å². The molecule has 0 bridgehead atoms. The van der Waals surface area contributed by atoms with E-state index in [9.17, 15) is 4.79 Å². The highest BCUT2D eigenvalue weighted by atomic mass is 16.5. The van der Waals surface area contributed by atoms with E-state index in [4.69, 9.17) is 23.7 Å². The largest absolute Gasteiger partial charge is 0.497 e.